The molecule has 0 atom stereocenters. The molecule has 0 fully saturated rings. The highest BCUT2D eigenvalue weighted by molar-refractivity contribution is 5.14. The fraction of sp³-hybridized carbons (Fsp3) is 0.333. The van der Waals surface area contributed by atoms with Crippen molar-refractivity contribution in [3.63, 3.8) is 0 Å². The lowest BCUT2D eigenvalue weighted by molar-refractivity contribution is 0.833. The first-order chi connectivity index (χ1) is 4.93. The van der Waals surface area contributed by atoms with Crippen molar-refractivity contribution in [3.05, 3.63) is 35.9 Å². The molecule has 0 amide bonds. The summed E-state index contributed by atoms with van der Waals surface area (Å²) in [5.41, 5.74) is 6.76. The Morgan fingerprint density at radius 1 is 1.20 bits per heavy atom. The van der Waals surface area contributed by atoms with Crippen LogP contribution in [-0.4, -0.2) is 6.54 Å². The van der Waals surface area contributed by atoms with Crippen molar-refractivity contribution in [2.24, 2.45) is 5.73 Å². The van der Waals surface area contributed by atoms with Gasteiger partial charge < -0.3 is 5.73 Å². The summed E-state index contributed by atoms with van der Waals surface area (Å²) in [6, 6.07) is 10.4. The molecule has 1 aromatic carbocycles. The summed E-state index contributed by atoms with van der Waals surface area (Å²) in [6.07, 6.45) is 2.20. The monoisotopic (exact) mass is 137 g/mol. The van der Waals surface area contributed by atoms with Crippen LogP contribution in [0.5, 0.6) is 0 Å². The van der Waals surface area contributed by atoms with Gasteiger partial charge in [-0.1, -0.05) is 30.3 Å². The van der Waals surface area contributed by atoms with Gasteiger partial charge in [0.25, 0.3) is 0 Å². The van der Waals surface area contributed by atoms with Crippen molar-refractivity contribution in [1.29, 1.82) is 0 Å². The van der Waals surface area contributed by atoms with Gasteiger partial charge in [0.1, 0.15) is 0 Å². The summed E-state index contributed by atoms with van der Waals surface area (Å²) >= 11 is 0. The van der Waals surface area contributed by atoms with Crippen molar-refractivity contribution in [2.75, 3.05) is 6.54 Å². The summed E-state index contributed by atoms with van der Waals surface area (Å²) in [5.74, 6) is 0. The lowest BCUT2D eigenvalue weighted by Gasteiger charge is -1.96. The number of nitrogens with two attached hydrogens (primary N) is 1. The molecule has 0 radical (unpaired) electrons. The molecule has 0 aromatic heterocycles. The maximum Gasteiger partial charge on any atom is 0 e. The highest BCUT2D eigenvalue weighted by atomic mass is 14.5. The first-order valence-corrected chi connectivity index (χ1v) is 3.67. The van der Waals surface area contributed by atoms with Crippen LogP contribution in [0.2, 0.25) is 0 Å². The molecule has 0 aliphatic rings. The third-order valence-corrected chi connectivity index (χ3v) is 1.51. The second-order valence-electron chi connectivity index (χ2n) is 2.38. The van der Waals surface area contributed by atoms with E-state index in [0.29, 0.717) is 0 Å². The Balaban J connectivity index is 0.000001000. The Morgan fingerprint density at radius 2 is 1.90 bits per heavy atom. The predicted octanol–water partition coefficient (Wildman–Crippen LogP) is 1.82. The number of rotatable bonds is 3. The molecule has 1 aromatic rings. The number of aryl methyl sites for hydroxylation is 1. The smallest absolute Gasteiger partial charge is 0 e. The molecular weight excluding hydrogens is 122 g/mol. The average molecular weight is 137 g/mol. The molecule has 0 spiro atoms. The Hall–Kier alpha value is -0.820. The van der Waals surface area contributed by atoms with Crippen molar-refractivity contribution in [2.45, 2.75) is 12.8 Å². The number of benzene rings is 1. The molecule has 56 valence electrons. The minimum atomic E-state index is 0. The van der Waals surface area contributed by atoms with Crippen LogP contribution in [0.15, 0.2) is 30.3 Å². The average Bonchev–Trinajstić information content (AvgIpc) is 2.03. The van der Waals surface area contributed by atoms with Gasteiger partial charge in [-0.25, -0.2) is 0 Å². The maximum absolute atomic E-state index is 5.38. The second kappa shape index (κ2) is 4.07. The van der Waals surface area contributed by atoms with Gasteiger partial charge in [-0.05, 0) is 24.9 Å². The van der Waals surface area contributed by atoms with Crippen molar-refractivity contribution >= 4 is 0 Å². The second-order valence-corrected chi connectivity index (χ2v) is 2.38. The molecule has 1 rings (SSSR count). The van der Waals surface area contributed by atoms with Crippen molar-refractivity contribution in [3.8, 4) is 0 Å². The molecule has 1 heteroatoms. The van der Waals surface area contributed by atoms with E-state index in [-0.39, 0.29) is 1.43 Å². The van der Waals surface area contributed by atoms with Gasteiger partial charge in [-0.2, -0.15) is 0 Å². The maximum atomic E-state index is 5.38. The predicted molar refractivity (Wildman–Crippen MR) is 45.9 cm³/mol. The Kier molecular flexibility index (Phi) is 2.97. The molecular formula is C9H15N. The van der Waals surface area contributed by atoms with Crippen LogP contribution in [0, 0.1) is 0 Å². The topological polar surface area (TPSA) is 26.0 Å². The van der Waals surface area contributed by atoms with Crippen LogP contribution < -0.4 is 5.73 Å². The molecule has 0 aliphatic heterocycles. The van der Waals surface area contributed by atoms with E-state index in [0.717, 1.165) is 19.4 Å². The molecule has 2 N–H and O–H groups in total. The highest BCUT2D eigenvalue weighted by Crippen LogP contribution is 2.00. The summed E-state index contributed by atoms with van der Waals surface area (Å²) < 4.78 is 0. The zero-order valence-corrected chi connectivity index (χ0v) is 6.09. The third kappa shape index (κ3) is 2.19. The zero-order chi connectivity index (χ0) is 7.23. The Labute approximate surface area is 63.4 Å². The molecule has 0 aliphatic carbocycles. The molecule has 1 nitrogen and oxygen atoms in total. The van der Waals surface area contributed by atoms with E-state index in [2.05, 4.69) is 24.3 Å². The largest absolute Gasteiger partial charge is 0.330 e. The number of hydrogen-bond acceptors (Lipinski definition) is 1. The normalized spacial score (nSPS) is 9.70. The first-order valence-electron chi connectivity index (χ1n) is 3.67. The third-order valence-electron chi connectivity index (χ3n) is 1.51. The van der Waals surface area contributed by atoms with E-state index < -0.39 is 0 Å². The Bertz CT molecular complexity index is 174. The van der Waals surface area contributed by atoms with Crippen molar-refractivity contribution < 1.29 is 1.43 Å². The van der Waals surface area contributed by atoms with Gasteiger partial charge in [-0.3, -0.25) is 0 Å². The minimum Gasteiger partial charge on any atom is -0.330 e. The fourth-order valence-electron chi connectivity index (χ4n) is 0.951. The van der Waals surface area contributed by atoms with Gasteiger partial charge in [-0.15, -0.1) is 0 Å². The summed E-state index contributed by atoms with van der Waals surface area (Å²) in [5, 5.41) is 0. The van der Waals surface area contributed by atoms with Gasteiger partial charge in [0.15, 0.2) is 0 Å². The summed E-state index contributed by atoms with van der Waals surface area (Å²) in [4.78, 5) is 0. The van der Waals surface area contributed by atoms with E-state index in [4.69, 9.17) is 5.73 Å². The minimum absolute atomic E-state index is 0. The van der Waals surface area contributed by atoms with E-state index in [1.54, 1.807) is 0 Å². The van der Waals surface area contributed by atoms with Crippen molar-refractivity contribution in [1.82, 2.24) is 0 Å². The lowest BCUT2D eigenvalue weighted by atomic mass is 10.1. The first kappa shape index (κ1) is 7.29. The standard InChI is InChI=1S/C9H13N.H2/c10-8-4-7-9-5-2-1-3-6-9;/h1-3,5-6H,4,7-8,10H2;1H. The van der Waals surface area contributed by atoms with Crippen LogP contribution in [-0.2, 0) is 6.42 Å². The van der Waals surface area contributed by atoms with Gasteiger partial charge in [0.2, 0.25) is 0 Å². The van der Waals surface area contributed by atoms with E-state index >= 15 is 0 Å². The van der Waals surface area contributed by atoms with E-state index in [1.807, 2.05) is 6.07 Å². The van der Waals surface area contributed by atoms with Crippen LogP contribution in [0.3, 0.4) is 0 Å². The highest BCUT2D eigenvalue weighted by Gasteiger charge is 1.87. The molecule has 10 heavy (non-hydrogen) atoms. The van der Waals surface area contributed by atoms with Crippen LogP contribution in [0.1, 0.15) is 13.4 Å². The zero-order valence-electron chi connectivity index (χ0n) is 6.09. The SMILES string of the molecule is NCCCc1ccccc1.[HH]. The van der Waals surface area contributed by atoms with Crippen LogP contribution >= 0.6 is 0 Å². The molecule has 0 saturated carbocycles. The van der Waals surface area contributed by atoms with E-state index in [9.17, 15) is 0 Å². The van der Waals surface area contributed by atoms with Crippen LogP contribution in [0.25, 0.3) is 0 Å². The molecule has 0 saturated heterocycles. The fourth-order valence-corrected chi connectivity index (χ4v) is 0.951. The van der Waals surface area contributed by atoms with E-state index in [1.165, 1.54) is 5.56 Å². The van der Waals surface area contributed by atoms with Gasteiger partial charge >= 0.3 is 0 Å². The lowest BCUT2D eigenvalue weighted by Crippen LogP contribution is -1.99. The summed E-state index contributed by atoms with van der Waals surface area (Å²) in [6.45, 7) is 0.787. The number of hydrogen-bond donors (Lipinski definition) is 1. The molecule has 0 unspecified atom stereocenters. The quantitative estimate of drug-likeness (QED) is 0.675. The molecule has 0 bridgehead atoms. The van der Waals surface area contributed by atoms with Gasteiger partial charge in [0, 0.05) is 1.43 Å². The summed E-state index contributed by atoms with van der Waals surface area (Å²) in [7, 11) is 0. The molecule has 0 heterocycles. The van der Waals surface area contributed by atoms with Gasteiger partial charge in [0.05, 0.1) is 0 Å². The Morgan fingerprint density at radius 3 is 2.50 bits per heavy atom. The van der Waals surface area contributed by atoms with Crippen LogP contribution in [0.4, 0.5) is 0 Å².